The van der Waals surface area contributed by atoms with Crippen LogP contribution >= 0.6 is 11.8 Å². The van der Waals surface area contributed by atoms with Gasteiger partial charge in [0.05, 0.1) is 0 Å². The highest BCUT2D eigenvalue weighted by Crippen LogP contribution is 2.26. The molecule has 1 N–H and O–H groups in total. The molecule has 1 saturated carbocycles. The minimum Gasteiger partial charge on any atom is -0.314 e. The molecule has 0 aliphatic heterocycles. The molecule has 1 aliphatic carbocycles. The SMILES string of the molecule is CCSCCCNC1CCC(CC)CC1. The van der Waals surface area contributed by atoms with Crippen molar-refractivity contribution < 1.29 is 0 Å². The molecule has 0 spiro atoms. The largest absolute Gasteiger partial charge is 0.314 e. The van der Waals surface area contributed by atoms with Crippen LogP contribution in [-0.4, -0.2) is 24.1 Å². The van der Waals surface area contributed by atoms with Crippen LogP contribution in [-0.2, 0) is 0 Å². The van der Waals surface area contributed by atoms with E-state index in [1.165, 1.54) is 56.6 Å². The van der Waals surface area contributed by atoms with Crippen LogP contribution in [0.3, 0.4) is 0 Å². The van der Waals surface area contributed by atoms with Crippen molar-refractivity contribution in [2.45, 2.75) is 58.4 Å². The second kappa shape index (κ2) is 8.46. The first-order valence-corrected chi connectivity index (χ1v) is 7.83. The van der Waals surface area contributed by atoms with Crippen LogP contribution in [0.4, 0.5) is 0 Å². The molecule has 1 fully saturated rings. The van der Waals surface area contributed by atoms with Gasteiger partial charge in [0.1, 0.15) is 0 Å². The van der Waals surface area contributed by atoms with Crippen LogP contribution < -0.4 is 5.32 Å². The molecule has 0 unspecified atom stereocenters. The van der Waals surface area contributed by atoms with E-state index < -0.39 is 0 Å². The van der Waals surface area contributed by atoms with Gasteiger partial charge < -0.3 is 5.32 Å². The van der Waals surface area contributed by atoms with Gasteiger partial charge in [-0.2, -0.15) is 11.8 Å². The van der Waals surface area contributed by atoms with Gasteiger partial charge in [-0.3, -0.25) is 0 Å². The van der Waals surface area contributed by atoms with Crippen molar-refractivity contribution in [2.24, 2.45) is 5.92 Å². The molecule has 0 aromatic heterocycles. The van der Waals surface area contributed by atoms with Crippen molar-refractivity contribution in [1.82, 2.24) is 5.32 Å². The lowest BCUT2D eigenvalue weighted by molar-refractivity contribution is 0.287. The fraction of sp³-hybridized carbons (Fsp3) is 1.00. The lowest BCUT2D eigenvalue weighted by atomic mass is 9.84. The Morgan fingerprint density at radius 3 is 2.47 bits per heavy atom. The molecule has 1 aliphatic rings. The molecule has 0 amide bonds. The van der Waals surface area contributed by atoms with Gasteiger partial charge in [-0.15, -0.1) is 0 Å². The van der Waals surface area contributed by atoms with Gasteiger partial charge in [0, 0.05) is 6.04 Å². The van der Waals surface area contributed by atoms with Gasteiger partial charge >= 0.3 is 0 Å². The summed E-state index contributed by atoms with van der Waals surface area (Å²) in [5, 5.41) is 3.71. The maximum absolute atomic E-state index is 3.71. The third-order valence-electron chi connectivity index (χ3n) is 3.53. The van der Waals surface area contributed by atoms with Crippen LogP contribution in [0.15, 0.2) is 0 Å². The molecule has 0 bridgehead atoms. The molecule has 0 radical (unpaired) electrons. The monoisotopic (exact) mass is 229 g/mol. The fourth-order valence-corrected chi connectivity index (χ4v) is 3.04. The third kappa shape index (κ3) is 5.82. The van der Waals surface area contributed by atoms with Crippen molar-refractivity contribution >= 4 is 11.8 Å². The van der Waals surface area contributed by atoms with Crippen molar-refractivity contribution in [1.29, 1.82) is 0 Å². The highest BCUT2D eigenvalue weighted by Gasteiger charge is 2.18. The predicted octanol–water partition coefficient (Wildman–Crippen LogP) is 3.69. The van der Waals surface area contributed by atoms with E-state index in [1.807, 2.05) is 0 Å². The summed E-state index contributed by atoms with van der Waals surface area (Å²) >= 11 is 2.06. The number of nitrogens with one attached hydrogen (secondary N) is 1. The first kappa shape index (κ1) is 13.4. The lowest BCUT2D eigenvalue weighted by Crippen LogP contribution is -2.33. The smallest absolute Gasteiger partial charge is 0.00672 e. The Balaban J connectivity index is 1.94. The van der Waals surface area contributed by atoms with E-state index in [2.05, 4.69) is 30.9 Å². The van der Waals surface area contributed by atoms with Crippen molar-refractivity contribution in [2.75, 3.05) is 18.1 Å². The Kier molecular flexibility index (Phi) is 7.54. The second-order valence-electron chi connectivity index (χ2n) is 4.63. The average Bonchev–Trinajstić information content (AvgIpc) is 2.30. The average molecular weight is 229 g/mol. The topological polar surface area (TPSA) is 12.0 Å². The Morgan fingerprint density at radius 1 is 1.13 bits per heavy atom. The van der Waals surface area contributed by atoms with E-state index in [1.54, 1.807) is 0 Å². The molecule has 0 saturated heterocycles. The first-order valence-electron chi connectivity index (χ1n) is 6.68. The highest BCUT2D eigenvalue weighted by molar-refractivity contribution is 7.99. The summed E-state index contributed by atoms with van der Waals surface area (Å²) in [6.45, 7) is 5.80. The summed E-state index contributed by atoms with van der Waals surface area (Å²) in [5.41, 5.74) is 0. The molecule has 0 aromatic carbocycles. The molecule has 0 heterocycles. The van der Waals surface area contributed by atoms with Gasteiger partial charge in [-0.05, 0) is 56.1 Å². The number of hydrogen-bond donors (Lipinski definition) is 1. The van der Waals surface area contributed by atoms with Crippen molar-refractivity contribution in [3.8, 4) is 0 Å². The van der Waals surface area contributed by atoms with E-state index in [9.17, 15) is 0 Å². The van der Waals surface area contributed by atoms with Gasteiger partial charge in [-0.1, -0.05) is 20.3 Å². The molecule has 0 atom stereocenters. The minimum atomic E-state index is 0.833. The fourth-order valence-electron chi connectivity index (χ4n) is 2.40. The van der Waals surface area contributed by atoms with Crippen LogP contribution in [0.2, 0.25) is 0 Å². The quantitative estimate of drug-likeness (QED) is 0.668. The Morgan fingerprint density at radius 2 is 1.87 bits per heavy atom. The summed E-state index contributed by atoms with van der Waals surface area (Å²) in [7, 11) is 0. The molecule has 0 aromatic rings. The normalized spacial score (nSPS) is 26.8. The predicted molar refractivity (Wildman–Crippen MR) is 71.7 cm³/mol. The molecular weight excluding hydrogens is 202 g/mol. The van der Waals surface area contributed by atoms with Crippen LogP contribution in [0.1, 0.15) is 52.4 Å². The molecule has 2 heteroatoms. The summed E-state index contributed by atoms with van der Waals surface area (Å²) < 4.78 is 0. The summed E-state index contributed by atoms with van der Waals surface area (Å²) in [6, 6.07) is 0.833. The summed E-state index contributed by atoms with van der Waals surface area (Å²) in [5.74, 6) is 3.62. The van der Waals surface area contributed by atoms with Gasteiger partial charge in [0.2, 0.25) is 0 Å². The van der Waals surface area contributed by atoms with Crippen LogP contribution in [0.25, 0.3) is 0 Å². The summed E-state index contributed by atoms with van der Waals surface area (Å²) in [6.07, 6.45) is 8.47. The van der Waals surface area contributed by atoms with E-state index in [0.29, 0.717) is 0 Å². The van der Waals surface area contributed by atoms with E-state index in [4.69, 9.17) is 0 Å². The highest BCUT2D eigenvalue weighted by atomic mass is 32.2. The molecule has 1 rings (SSSR count). The summed E-state index contributed by atoms with van der Waals surface area (Å²) in [4.78, 5) is 0. The lowest BCUT2D eigenvalue weighted by Gasteiger charge is -2.28. The minimum absolute atomic E-state index is 0.833. The van der Waals surface area contributed by atoms with E-state index >= 15 is 0 Å². The number of rotatable bonds is 7. The molecular formula is C13H27NS. The Hall–Kier alpha value is 0.310. The number of hydrogen-bond acceptors (Lipinski definition) is 2. The zero-order valence-corrected chi connectivity index (χ0v) is 11.2. The third-order valence-corrected chi connectivity index (χ3v) is 4.51. The van der Waals surface area contributed by atoms with E-state index in [-0.39, 0.29) is 0 Å². The molecule has 15 heavy (non-hydrogen) atoms. The maximum Gasteiger partial charge on any atom is 0.00672 e. The number of thioether (sulfide) groups is 1. The molecule has 90 valence electrons. The second-order valence-corrected chi connectivity index (χ2v) is 6.02. The van der Waals surface area contributed by atoms with Gasteiger partial charge in [-0.25, -0.2) is 0 Å². The standard InChI is InChI=1S/C13H27NS/c1-3-12-6-8-13(9-7-12)14-10-5-11-15-4-2/h12-14H,3-11H2,1-2H3. The Bertz CT molecular complexity index is 141. The van der Waals surface area contributed by atoms with Gasteiger partial charge in [0.25, 0.3) is 0 Å². The van der Waals surface area contributed by atoms with E-state index in [0.717, 1.165) is 12.0 Å². The van der Waals surface area contributed by atoms with Crippen LogP contribution in [0.5, 0.6) is 0 Å². The van der Waals surface area contributed by atoms with Gasteiger partial charge in [0.15, 0.2) is 0 Å². The zero-order valence-electron chi connectivity index (χ0n) is 10.4. The maximum atomic E-state index is 3.71. The van der Waals surface area contributed by atoms with Crippen molar-refractivity contribution in [3.05, 3.63) is 0 Å². The molecule has 1 nitrogen and oxygen atoms in total. The van der Waals surface area contributed by atoms with Crippen LogP contribution in [0, 0.1) is 5.92 Å². The first-order chi connectivity index (χ1) is 7.36. The Labute approximate surface area is 99.8 Å². The van der Waals surface area contributed by atoms with Crippen molar-refractivity contribution in [3.63, 3.8) is 0 Å². The zero-order chi connectivity index (χ0) is 10.9.